The number of hydrogen-bond donors (Lipinski definition) is 2. The maximum atomic E-state index is 11.9. The van der Waals surface area contributed by atoms with Crippen molar-refractivity contribution in [2.75, 3.05) is 5.32 Å². The molecule has 0 aliphatic rings. The molecule has 0 heterocycles. The van der Waals surface area contributed by atoms with Gasteiger partial charge in [0.2, 0.25) is 9.70 Å². The van der Waals surface area contributed by atoms with Gasteiger partial charge < -0.3 is 10.6 Å². The van der Waals surface area contributed by atoms with Crippen molar-refractivity contribution in [1.82, 2.24) is 5.32 Å². The molecule has 3 nitrogen and oxygen atoms in total. The number of alkyl halides is 3. The molecule has 2 N–H and O–H groups in total. The maximum Gasteiger partial charge on any atom is 0.228 e. The zero-order valence-corrected chi connectivity index (χ0v) is 14.5. The molecular formula is C15H21Cl3N2O. The summed E-state index contributed by atoms with van der Waals surface area (Å²) >= 11 is 17.8. The lowest BCUT2D eigenvalue weighted by atomic mass is 10.2. The molecule has 0 aliphatic heterocycles. The SMILES string of the molecule is CCCCCC(=O)N[C@@H](Nc1ccc(C)cc1)C(Cl)(Cl)Cl. The summed E-state index contributed by atoms with van der Waals surface area (Å²) in [5.74, 6) is -0.126. The van der Waals surface area contributed by atoms with Gasteiger partial charge in [0, 0.05) is 12.1 Å². The number of aryl methyl sites for hydroxylation is 1. The molecule has 1 atom stereocenters. The third kappa shape index (κ3) is 7.25. The number of rotatable bonds is 7. The minimum Gasteiger partial charge on any atom is -0.362 e. The average molecular weight is 352 g/mol. The second kappa shape index (κ2) is 8.72. The van der Waals surface area contributed by atoms with Crippen LogP contribution in [0, 0.1) is 6.92 Å². The van der Waals surface area contributed by atoms with Crippen molar-refractivity contribution < 1.29 is 4.79 Å². The molecule has 0 saturated carbocycles. The highest BCUT2D eigenvalue weighted by Crippen LogP contribution is 2.31. The topological polar surface area (TPSA) is 41.1 Å². The van der Waals surface area contributed by atoms with Gasteiger partial charge in [-0.25, -0.2) is 0 Å². The highest BCUT2D eigenvalue weighted by molar-refractivity contribution is 6.68. The zero-order valence-electron chi connectivity index (χ0n) is 12.3. The number of benzene rings is 1. The van der Waals surface area contributed by atoms with Gasteiger partial charge in [-0.3, -0.25) is 4.79 Å². The molecule has 21 heavy (non-hydrogen) atoms. The molecule has 0 aliphatic carbocycles. The lowest BCUT2D eigenvalue weighted by Gasteiger charge is -2.27. The molecule has 1 amide bonds. The fourth-order valence-electron chi connectivity index (χ4n) is 1.78. The van der Waals surface area contributed by atoms with E-state index in [9.17, 15) is 4.79 Å². The first-order valence-electron chi connectivity index (χ1n) is 7.02. The van der Waals surface area contributed by atoms with Gasteiger partial charge in [0.25, 0.3) is 0 Å². The van der Waals surface area contributed by atoms with Gasteiger partial charge in [0.15, 0.2) is 0 Å². The zero-order chi connectivity index (χ0) is 15.9. The molecule has 0 aromatic heterocycles. The first-order chi connectivity index (χ1) is 9.82. The van der Waals surface area contributed by atoms with Crippen molar-refractivity contribution in [3.05, 3.63) is 29.8 Å². The lowest BCUT2D eigenvalue weighted by molar-refractivity contribution is -0.121. The van der Waals surface area contributed by atoms with Gasteiger partial charge in [-0.15, -0.1) is 0 Å². The van der Waals surface area contributed by atoms with Crippen molar-refractivity contribution in [1.29, 1.82) is 0 Å². The van der Waals surface area contributed by atoms with Crippen LogP contribution in [0.3, 0.4) is 0 Å². The summed E-state index contributed by atoms with van der Waals surface area (Å²) in [7, 11) is 0. The molecular weight excluding hydrogens is 331 g/mol. The number of anilines is 1. The highest BCUT2D eigenvalue weighted by atomic mass is 35.6. The van der Waals surface area contributed by atoms with E-state index in [-0.39, 0.29) is 5.91 Å². The molecule has 0 spiro atoms. The fourth-order valence-corrected chi connectivity index (χ4v) is 2.11. The highest BCUT2D eigenvalue weighted by Gasteiger charge is 2.33. The first kappa shape index (κ1) is 18.4. The van der Waals surface area contributed by atoms with E-state index in [1.807, 2.05) is 31.2 Å². The predicted molar refractivity (Wildman–Crippen MR) is 91.2 cm³/mol. The van der Waals surface area contributed by atoms with Crippen molar-refractivity contribution in [3.63, 3.8) is 0 Å². The normalized spacial score (nSPS) is 12.8. The summed E-state index contributed by atoms with van der Waals surface area (Å²) in [4.78, 5) is 11.9. The Hall–Kier alpha value is -0.640. The molecule has 0 saturated heterocycles. The van der Waals surface area contributed by atoms with Crippen LogP contribution in [0.1, 0.15) is 38.2 Å². The van der Waals surface area contributed by atoms with Crippen LogP contribution in [0.5, 0.6) is 0 Å². The third-order valence-electron chi connectivity index (χ3n) is 3.00. The van der Waals surface area contributed by atoms with Gasteiger partial charge in [-0.05, 0) is 25.5 Å². The van der Waals surface area contributed by atoms with E-state index in [0.29, 0.717) is 6.42 Å². The van der Waals surface area contributed by atoms with E-state index < -0.39 is 9.96 Å². The predicted octanol–water partition coefficient (Wildman–Crippen LogP) is 4.80. The molecule has 0 radical (unpaired) electrons. The van der Waals surface area contributed by atoms with E-state index in [0.717, 1.165) is 30.5 Å². The average Bonchev–Trinajstić information content (AvgIpc) is 2.40. The molecule has 1 aromatic carbocycles. The van der Waals surface area contributed by atoms with E-state index in [1.165, 1.54) is 0 Å². The number of amides is 1. The molecule has 0 bridgehead atoms. The standard InChI is InChI=1S/C15H21Cl3N2O/c1-3-4-5-6-13(21)20-14(15(16,17)18)19-12-9-7-11(2)8-10-12/h7-10,14,19H,3-6H2,1-2H3,(H,20,21)/t14-/m1/s1. The number of carbonyl (C=O) groups excluding carboxylic acids is 1. The number of nitrogens with one attached hydrogen (secondary N) is 2. The van der Waals surface area contributed by atoms with E-state index in [1.54, 1.807) is 0 Å². The second-order valence-corrected chi connectivity index (χ2v) is 7.38. The number of unbranched alkanes of at least 4 members (excludes halogenated alkanes) is 2. The van der Waals surface area contributed by atoms with E-state index in [4.69, 9.17) is 34.8 Å². The fraction of sp³-hybridized carbons (Fsp3) is 0.533. The quantitative estimate of drug-likeness (QED) is 0.421. The summed E-state index contributed by atoms with van der Waals surface area (Å²) in [5.41, 5.74) is 1.92. The Bertz CT molecular complexity index is 443. The van der Waals surface area contributed by atoms with Crippen molar-refractivity contribution >= 4 is 46.4 Å². The number of carbonyl (C=O) groups is 1. The molecule has 0 unspecified atom stereocenters. The Morgan fingerprint density at radius 3 is 2.33 bits per heavy atom. The van der Waals surface area contributed by atoms with Gasteiger partial charge in [-0.1, -0.05) is 72.3 Å². The number of halogens is 3. The molecule has 118 valence electrons. The van der Waals surface area contributed by atoms with Crippen LogP contribution in [0.4, 0.5) is 5.69 Å². The number of hydrogen-bond acceptors (Lipinski definition) is 2. The van der Waals surface area contributed by atoms with Crippen LogP contribution in [-0.4, -0.2) is 15.9 Å². The van der Waals surface area contributed by atoms with E-state index >= 15 is 0 Å². The molecule has 1 rings (SSSR count). The molecule has 1 aromatic rings. The second-order valence-electron chi connectivity index (χ2n) is 5.01. The minimum atomic E-state index is -1.63. The van der Waals surface area contributed by atoms with Crippen molar-refractivity contribution in [2.24, 2.45) is 0 Å². The van der Waals surface area contributed by atoms with Gasteiger partial charge >= 0.3 is 0 Å². The maximum absolute atomic E-state index is 11.9. The molecule has 6 heteroatoms. The summed E-state index contributed by atoms with van der Waals surface area (Å²) in [6.07, 6.45) is 2.56. The van der Waals surface area contributed by atoms with Gasteiger partial charge in [0.1, 0.15) is 6.17 Å². The first-order valence-corrected chi connectivity index (χ1v) is 8.15. The minimum absolute atomic E-state index is 0.126. The largest absolute Gasteiger partial charge is 0.362 e. The Labute approximate surface area is 141 Å². The lowest BCUT2D eigenvalue weighted by Crippen LogP contribution is -2.49. The monoisotopic (exact) mass is 350 g/mol. The van der Waals surface area contributed by atoms with Crippen LogP contribution in [0.2, 0.25) is 0 Å². The Balaban J connectivity index is 2.64. The van der Waals surface area contributed by atoms with Crippen LogP contribution < -0.4 is 10.6 Å². The summed E-state index contributed by atoms with van der Waals surface area (Å²) in [6.45, 7) is 4.08. The molecule has 0 fully saturated rings. The Kier molecular flexibility index (Phi) is 7.64. The van der Waals surface area contributed by atoms with Crippen LogP contribution in [-0.2, 0) is 4.79 Å². The summed E-state index contributed by atoms with van der Waals surface area (Å²) in [6, 6.07) is 7.64. The summed E-state index contributed by atoms with van der Waals surface area (Å²) in [5, 5.41) is 5.77. The van der Waals surface area contributed by atoms with Crippen LogP contribution >= 0.6 is 34.8 Å². The smallest absolute Gasteiger partial charge is 0.228 e. The Morgan fingerprint density at radius 1 is 1.19 bits per heavy atom. The Morgan fingerprint density at radius 2 is 1.81 bits per heavy atom. The van der Waals surface area contributed by atoms with Crippen molar-refractivity contribution in [3.8, 4) is 0 Å². The van der Waals surface area contributed by atoms with Gasteiger partial charge in [0.05, 0.1) is 0 Å². The third-order valence-corrected chi connectivity index (χ3v) is 3.66. The van der Waals surface area contributed by atoms with Crippen LogP contribution in [0.25, 0.3) is 0 Å². The summed E-state index contributed by atoms with van der Waals surface area (Å²) < 4.78 is -1.63. The van der Waals surface area contributed by atoms with E-state index in [2.05, 4.69) is 17.6 Å². The van der Waals surface area contributed by atoms with Crippen LogP contribution in [0.15, 0.2) is 24.3 Å². The van der Waals surface area contributed by atoms with Crippen molar-refractivity contribution in [2.45, 2.75) is 49.5 Å². The van der Waals surface area contributed by atoms with Gasteiger partial charge in [-0.2, -0.15) is 0 Å².